The molecule has 0 bridgehead atoms. The first-order valence-electron chi connectivity index (χ1n) is 15.3. The van der Waals surface area contributed by atoms with Gasteiger partial charge in [-0.2, -0.15) is 0 Å². The predicted octanol–water partition coefficient (Wildman–Crippen LogP) is 10.9. The Balaban J connectivity index is 1.16. The van der Waals surface area contributed by atoms with Crippen LogP contribution in [0.2, 0.25) is 0 Å². The molecule has 10 aromatic rings. The van der Waals surface area contributed by atoms with E-state index in [1.165, 1.54) is 4.70 Å². The lowest BCUT2D eigenvalue weighted by Crippen LogP contribution is -2.00. The van der Waals surface area contributed by atoms with Gasteiger partial charge in [-0.05, 0) is 60.7 Å². The molecule has 47 heavy (non-hydrogen) atoms. The third-order valence-electron chi connectivity index (χ3n) is 8.58. The second-order valence-electron chi connectivity index (χ2n) is 11.5. The van der Waals surface area contributed by atoms with Crippen LogP contribution in [-0.2, 0) is 0 Å². The lowest BCUT2D eigenvalue weighted by Gasteiger charge is -2.09. The van der Waals surface area contributed by atoms with Crippen LogP contribution >= 0.6 is 11.3 Å². The molecule has 0 fully saturated rings. The lowest BCUT2D eigenvalue weighted by molar-refractivity contribution is 0.620. The van der Waals surface area contributed by atoms with Crippen LogP contribution in [0.4, 0.5) is 0 Å². The minimum absolute atomic E-state index is 0.609. The van der Waals surface area contributed by atoms with Crippen LogP contribution in [0.5, 0.6) is 0 Å². The molecule has 7 heteroatoms. The van der Waals surface area contributed by atoms with E-state index in [0.717, 1.165) is 70.8 Å². The van der Waals surface area contributed by atoms with E-state index in [0.29, 0.717) is 23.4 Å². The normalized spacial score (nSPS) is 11.8. The van der Waals surface area contributed by atoms with Crippen molar-refractivity contribution in [1.82, 2.24) is 19.9 Å². The Morgan fingerprint density at radius 2 is 1.13 bits per heavy atom. The molecule has 0 aliphatic rings. The Hall–Kier alpha value is -6.18. The number of nitrogens with zero attached hydrogens (tertiary/aromatic N) is 4. The van der Waals surface area contributed by atoms with Gasteiger partial charge in [0, 0.05) is 53.2 Å². The van der Waals surface area contributed by atoms with E-state index in [-0.39, 0.29) is 0 Å². The van der Waals surface area contributed by atoms with Gasteiger partial charge in [-0.25, -0.2) is 19.9 Å². The van der Waals surface area contributed by atoms with Gasteiger partial charge in [0.15, 0.2) is 23.1 Å². The van der Waals surface area contributed by atoms with Gasteiger partial charge in [0.2, 0.25) is 5.89 Å². The van der Waals surface area contributed by atoms with Crippen LogP contribution in [0, 0.1) is 0 Å². The van der Waals surface area contributed by atoms with Gasteiger partial charge < -0.3 is 8.83 Å². The van der Waals surface area contributed by atoms with Gasteiger partial charge in [-0.3, -0.25) is 0 Å². The highest BCUT2D eigenvalue weighted by molar-refractivity contribution is 7.26. The summed E-state index contributed by atoms with van der Waals surface area (Å²) >= 11 is 1.74. The Labute approximate surface area is 271 Å². The maximum Gasteiger partial charge on any atom is 0.227 e. The van der Waals surface area contributed by atoms with E-state index in [2.05, 4.69) is 48.5 Å². The second-order valence-corrected chi connectivity index (χ2v) is 12.5. The molecule has 10 rings (SSSR count). The van der Waals surface area contributed by atoms with E-state index in [1.807, 2.05) is 84.9 Å². The van der Waals surface area contributed by atoms with Crippen molar-refractivity contribution in [3.63, 3.8) is 0 Å². The summed E-state index contributed by atoms with van der Waals surface area (Å²) in [4.78, 5) is 19.9. The zero-order valence-corrected chi connectivity index (χ0v) is 25.5. The molecule has 0 amide bonds. The minimum atomic E-state index is 0.609. The minimum Gasteiger partial charge on any atom is -0.456 e. The average molecular weight is 623 g/mol. The van der Waals surface area contributed by atoms with E-state index in [4.69, 9.17) is 28.8 Å². The summed E-state index contributed by atoms with van der Waals surface area (Å²) in [5, 5.41) is 4.37. The fourth-order valence-electron chi connectivity index (χ4n) is 6.31. The molecule has 0 unspecified atom stereocenters. The molecule has 0 saturated heterocycles. The lowest BCUT2D eigenvalue weighted by atomic mass is 10.1. The largest absolute Gasteiger partial charge is 0.456 e. The van der Waals surface area contributed by atoms with Gasteiger partial charge in [0.1, 0.15) is 16.7 Å². The molecular weight excluding hydrogens is 601 g/mol. The molecule has 0 radical (unpaired) electrons. The number of hydrogen-bond donors (Lipinski definition) is 0. The number of fused-ring (bicyclic) bond motifs is 7. The summed E-state index contributed by atoms with van der Waals surface area (Å²) < 4.78 is 14.5. The van der Waals surface area contributed by atoms with Crippen LogP contribution in [-0.4, -0.2) is 19.9 Å². The van der Waals surface area contributed by atoms with Gasteiger partial charge in [-0.15, -0.1) is 11.3 Å². The van der Waals surface area contributed by atoms with Crippen molar-refractivity contribution in [2.24, 2.45) is 0 Å². The SMILES string of the molecule is c1ccc(-c2nc(-c3ccc4oc5ccccc5c4c3)nc(-c3cccc4c3sc3ccc(-c5nc6ccccc6o5)cc34)n2)cc1. The highest BCUT2D eigenvalue weighted by Gasteiger charge is 2.18. The monoisotopic (exact) mass is 622 g/mol. The van der Waals surface area contributed by atoms with Crippen LogP contribution in [0.15, 0.2) is 142 Å². The molecular formula is C40H22N4O2S. The topological polar surface area (TPSA) is 77.8 Å². The van der Waals surface area contributed by atoms with Crippen LogP contribution in [0.1, 0.15) is 0 Å². The number of benzene rings is 6. The number of rotatable bonds is 4. The number of hydrogen-bond acceptors (Lipinski definition) is 7. The maximum absolute atomic E-state index is 6.10. The van der Waals surface area contributed by atoms with Crippen molar-refractivity contribution >= 4 is 64.5 Å². The van der Waals surface area contributed by atoms with Crippen molar-refractivity contribution in [3.8, 4) is 45.6 Å². The first-order chi connectivity index (χ1) is 23.2. The molecule has 6 aromatic carbocycles. The highest BCUT2D eigenvalue weighted by Crippen LogP contribution is 2.41. The maximum atomic E-state index is 6.10. The van der Waals surface area contributed by atoms with Gasteiger partial charge in [0.25, 0.3) is 0 Å². The third-order valence-corrected chi connectivity index (χ3v) is 9.80. The predicted molar refractivity (Wildman–Crippen MR) is 189 cm³/mol. The van der Waals surface area contributed by atoms with Gasteiger partial charge in [-0.1, -0.05) is 72.8 Å². The van der Waals surface area contributed by atoms with Gasteiger partial charge in [0.05, 0.1) is 0 Å². The number of furan rings is 1. The van der Waals surface area contributed by atoms with E-state index < -0.39 is 0 Å². The van der Waals surface area contributed by atoms with Crippen molar-refractivity contribution in [2.75, 3.05) is 0 Å². The zero-order chi connectivity index (χ0) is 30.9. The quantitative estimate of drug-likeness (QED) is 0.194. The summed E-state index contributed by atoms with van der Waals surface area (Å²) in [7, 11) is 0. The average Bonchev–Trinajstić information content (AvgIpc) is 3.84. The van der Waals surface area contributed by atoms with Crippen molar-refractivity contribution < 1.29 is 8.83 Å². The van der Waals surface area contributed by atoms with Crippen molar-refractivity contribution in [2.45, 2.75) is 0 Å². The van der Waals surface area contributed by atoms with Gasteiger partial charge >= 0.3 is 0 Å². The number of thiophene rings is 1. The van der Waals surface area contributed by atoms with E-state index in [1.54, 1.807) is 11.3 Å². The molecule has 0 aliphatic carbocycles. The van der Waals surface area contributed by atoms with E-state index >= 15 is 0 Å². The fraction of sp³-hybridized carbons (Fsp3) is 0. The molecule has 220 valence electrons. The summed E-state index contributed by atoms with van der Waals surface area (Å²) in [5.41, 5.74) is 7.05. The Morgan fingerprint density at radius 1 is 0.426 bits per heavy atom. The second kappa shape index (κ2) is 10.2. The first kappa shape index (κ1) is 26.1. The van der Waals surface area contributed by atoms with Crippen LogP contribution in [0.25, 0.3) is 98.8 Å². The summed E-state index contributed by atoms with van der Waals surface area (Å²) in [6.45, 7) is 0. The third kappa shape index (κ3) is 4.25. The first-order valence-corrected chi connectivity index (χ1v) is 16.1. The van der Waals surface area contributed by atoms with Crippen LogP contribution in [0.3, 0.4) is 0 Å². The zero-order valence-electron chi connectivity index (χ0n) is 24.7. The van der Waals surface area contributed by atoms with Crippen molar-refractivity contribution in [3.05, 3.63) is 133 Å². The Bertz CT molecular complexity index is 2780. The smallest absolute Gasteiger partial charge is 0.227 e. The highest BCUT2D eigenvalue weighted by atomic mass is 32.1. The molecule has 0 spiro atoms. The molecule has 4 heterocycles. The Morgan fingerprint density at radius 3 is 2.02 bits per heavy atom. The van der Waals surface area contributed by atoms with Crippen LogP contribution < -0.4 is 0 Å². The summed E-state index contributed by atoms with van der Waals surface area (Å²) in [6.07, 6.45) is 0. The molecule has 6 nitrogen and oxygen atoms in total. The molecule has 0 N–H and O–H groups in total. The summed E-state index contributed by atoms with van der Waals surface area (Å²) in [6, 6.07) is 44.8. The summed E-state index contributed by atoms with van der Waals surface area (Å²) in [5.74, 6) is 2.47. The molecule has 0 saturated carbocycles. The molecule has 0 atom stereocenters. The number of aromatic nitrogens is 4. The standard InChI is InChI=1S/C40H22N4O2S/c1-2-9-23(10-3-1)37-42-38(24-17-19-33-29(21-24)26-11-4-6-15-32(26)45-33)44-39(43-37)28-13-8-12-27-30-22-25(18-20-35(30)47-36(27)28)40-41-31-14-5-7-16-34(31)46-40/h1-22H. The number of para-hydroxylation sites is 3. The Kier molecular flexibility index (Phi) is 5.64. The molecule has 0 aliphatic heterocycles. The fourth-order valence-corrected chi connectivity index (χ4v) is 7.50. The van der Waals surface area contributed by atoms with Crippen molar-refractivity contribution in [1.29, 1.82) is 0 Å². The van der Waals surface area contributed by atoms with E-state index in [9.17, 15) is 0 Å². The molecule has 4 aromatic heterocycles. The number of oxazole rings is 1.